The van der Waals surface area contributed by atoms with Gasteiger partial charge in [-0.3, -0.25) is 14.5 Å². The number of hydrogen-bond donors (Lipinski definition) is 0. The van der Waals surface area contributed by atoms with Crippen molar-refractivity contribution in [2.45, 2.75) is 38.0 Å². The number of methoxy groups -OCH3 is 2. The third kappa shape index (κ3) is 7.08. The topological polar surface area (TPSA) is 135 Å². The van der Waals surface area contributed by atoms with E-state index in [0.29, 0.717) is 47.8 Å². The molecule has 0 bridgehead atoms. The number of carbonyl (C=O) groups excluding carboxylic acids is 2. The average molecular weight is 706 g/mol. The van der Waals surface area contributed by atoms with Gasteiger partial charge in [0.2, 0.25) is 10.0 Å². The maximum atomic E-state index is 14.1. The second-order valence-electron chi connectivity index (χ2n) is 12.7. The van der Waals surface area contributed by atoms with E-state index in [-0.39, 0.29) is 34.1 Å². The summed E-state index contributed by atoms with van der Waals surface area (Å²) in [4.78, 5) is 28.8. The zero-order valence-electron chi connectivity index (χ0n) is 29.0. The molecule has 1 fully saturated rings. The van der Waals surface area contributed by atoms with Crippen LogP contribution in [0.15, 0.2) is 101 Å². The number of piperidine rings is 1. The number of para-hydroxylation sites is 1. The number of nitriles is 1. The quantitative estimate of drug-likeness (QED) is 0.149. The SMILES string of the molecule is COc1ccc(CCN2C(=O)C(C#N)=C(C)/C(=C\c3cn(-c4ccccc4)nc3-c3cccc(S(=O)(=O)N4CCCC(C)C4)c3)C2=O)cc1OC. The Morgan fingerprint density at radius 1 is 0.980 bits per heavy atom. The highest BCUT2D eigenvalue weighted by Crippen LogP contribution is 2.34. The minimum absolute atomic E-state index is 0.0219. The summed E-state index contributed by atoms with van der Waals surface area (Å²) in [7, 11) is -0.694. The zero-order chi connectivity index (χ0) is 36.3. The van der Waals surface area contributed by atoms with Crippen LogP contribution in [0.5, 0.6) is 11.5 Å². The van der Waals surface area contributed by atoms with Crippen LogP contribution in [0.1, 0.15) is 37.8 Å². The van der Waals surface area contributed by atoms with Gasteiger partial charge in [0.05, 0.1) is 24.8 Å². The fourth-order valence-corrected chi connectivity index (χ4v) is 8.16. The molecule has 2 aliphatic rings. The van der Waals surface area contributed by atoms with Crippen molar-refractivity contribution in [2.24, 2.45) is 5.92 Å². The van der Waals surface area contributed by atoms with Gasteiger partial charge in [-0.15, -0.1) is 0 Å². The first kappa shape index (κ1) is 35.3. The van der Waals surface area contributed by atoms with E-state index < -0.39 is 21.8 Å². The highest BCUT2D eigenvalue weighted by molar-refractivity contribution is 7.89. The van der Waals surface area contributed by atoms with E-state index in [9.17, 15) is 23.3 Å². The van der Waals surface area contributed by atoms with Gasteiger partial charge in [-0.05, 0) is 85.7 Å². The number of imide groups is 1. The largest absolute Gasteiger partial charge is 0.493 e. The van der Waals surface area contributed by atoms with Gasteiger partial charge >= 0.3 is 0 Å². The number of sulfonamides is 1. The van der Waals surface area contributed by atoms with Crippen LogP contribution in [0.4, 0.5) is 0 Å². The second-order valence-corrected chi connectivity index (χ2v) is 14.7. The number of carbonyl (C=O) groups is 2. The number of benzene rings is 3. The van der Waals surface area contributed by atoms with Gasteiger partial charge in [-0.1, -0.05) is 43.3 Å². The molecule has 0 saturated carbocycles. The predicted molar refractivity (Wildman–Crippen MR) is 192 cm³/mol. The summed E-state index contributed by atoms with van der Waals surface area (Å²) >= 11 is 0. The van der Waals surface area contributed by atoms with Gasteiger partial charge in [0.1, 0.15) is 17.3 Å². The van der Waals surface area contributed by atoms with Gasteiger partial charge in [-0.2, -0.15) is 14.7 Å². The fourth-order valence-electron chi connectivity index (χ4n) is 6.51. The molecule has 0 spiro atoms. The predicted octanol–water partition coefficient (Wildman–Crippen LogP) is 5.81. The summed E-state index contributed by atoms with van der Waals surface area (Å²) in [5.41, 5.74) is 3.33. The Bertz CT molecular complexity index is 2200. The van der Waals surface area contributed by atoms with Crippen molar-refractivity contribution in [1.29, 1.82) is 5.26 Å². The van der Waals surface area contributed by atoms with E-state index in [4.69, 9.17) is 14.6 Å². The second kappa shape index (κ2) is 14.8. The van der Waals surface area contributed by atoms with Crippen molar-refractivity contribution >= 4 is 27.9 Å². The van der Waals surface area contributed by atoms with Crippen molar-refractivity contribution < 1.29 is 27.5 Å². The monoisotopic (exact) mass is 705 g/mol. The first-order chi connectivity index (χ1) is 24.5. The lowest BCUT2D eigenvalue weighted by molar-refractivity contribution is -0.140. The molecule has 12 heteroatoms. The lowest BCUT2D eigenvalue weighted by Crippen LogP contribution is -2.43. The molecule has 1 atom stereocenters. The molecule has 1 saturated heterocycles. The van der Waals surface area contributed by atoms with Gasteiger partial charge in [0, 0.05) is 42.5 Å². The molecule has 11 nitrogen and oxygen atoms in total. The van der Waals surface area contributed by atoms with Crippen molar-refractivity contribution in [3.63, 3.8) is 0 Å². The molecular formula is C39H39N5O6S. The Morgan fingerprint density at radius 3 is 2.45 bits per heavy atom. The molecule has 0 N–H and O–H groups in total. The molecule has 0 radical (unpaired) electrons. The third-order valence-electron chi connectivity index (χ3n) is 9.33. The smallest absolute Gasteiger partial charge is 0.271 e. The van der Waals surface area contributed by atoms with Gasteiger partial charge in [-0.25, -0.2) is 13.1 Å². The highest BCUT2D eigenvalue weighted by Gasteiger charge is 2.36. The Hall–Kier alpha value is -5.51. The molecule has 1 unspecified atom stereocenters. The van der Waals surface area contributed by atoms with Crippen molar-refractivity contribution in [1.82, 2.24) is 19.0 Å². The number of nitrogens with zero attached hydrogens (tertiary/aromatic N) is 5. The lowest BCUT2D eigenvalue weighted by Gasteiger charge is -2.30. The molecule has 4 aromatic rings. The minimum Gasteiger partial charge on any atom is -0.493 e. The normalized spacial score (nSPS) is 17.9. The average Bonchev–Trinajstić information content (AvgIpc) is 3.58. The van der Waals surface area contributed by atoms with Crippen LogP contribution in [0, 0.1) is 17.2 Å². The maximum absolute atomic E-state index is 14.1. The molecule has 3 heterocycles. The summed E-state index contributed by atoms with van der Waals surface area (Å²) < 4.78 is 41.4. The standard InChI is InChI=1S/C39H39N5O6S/c1-26-10-9-18-42(24-26)51(47,48)32-14-8-11-29(21-32)37-30(25-44(41-37)31-12-6-5-7-13-31)22-33-27(2)34(23-40)39(46)43(38(33)45)19-17-28-15-16-35(49-3)36(20-28)50-4/h5-8,11-16,20-22,25-26H,9-10,17-19,24H2,1-4H3/b33-22+. The molecule has 2 aliphatic heterocycles. The summed E-state index contributed by atoms with van der Waals surface area (Å²) in [6.07, 6.45) is 5.48. The molecule has 1 aromatic heterocycles. The van der Waals surface area contributed by atoms with Crippen LogP contribution in [0.25, 0.3) is 23.0 Å². The first-order valence-corrected chi connectivity index (χ1v) is 18.2. The third-order valence-corrected chi connectivity index (χ3v) is 11.2. The van der Waals surface area contributed by atoms with Gasteiger partial charge < -0.3 is 9.47 Å². The van der Waals surface area contributed by atoms with Crippen LogP contribution in [0.2, 0.25) is 0 Å². The highest BCUT2D eigenvalue weighted by atomic mass is 32.2. The molecule has 0 aliphatic carbocycles. The van der Waals surface area contributed by atoms with Crippen LogP contribution in [0.3, 0.4) is 0 Å². The van der Waals surface area contributed by atoms with E-state index in [2.05, 4.69) is 6.92 Å². The number of aromatic nitrogens is 2. The van der Waals surface area contributed by atoms with Crippen LogP contribution < -0.4 is 9.47 Å². The molecular weight excluding hydrogens is 667 g/mol. The Labute approximate surface area is 298 Å². The molecule has 2 amide bonds. The Kier molecular flexibility index (Phi) is 10.2. The van der Waals surface area contributed by atoms with Crippen molar-refractivity contribution in [3.05, 3.63) is 107 Å². The number of ether oxygens (including phenoxy) is 2. The van der Waals surface area contributed by atoms with Gasteiger partial charge in [0.25, 0.3) is 11.8 Å². The van der Waals surface area contributed by atoms with Crippen LogP contribution in [-0.2, 0) is 26.0 Å². The summed E-state index contributed by atoms with van der Waals surface area (Å²) in [6, 6.07) is 23.4. The van der Waals surface area contributed by atoms with E-state index in [1.54, 1.807) is 60.3 Å². The fraction of sp³-hybridized carbons (Fsp3) is 0.282. The van der Waals surface area contributed by atoms with Crippen molar-refractivity contribution in [2.75, 3.05) is 33.9 Å². The van der Waals surface area contributed by atoms with E-state index in [0.717, 1.165) is 29.0 Å². The maximum Gasteiger partial charge on any atom is 0.271 e. The summed E-state index contributed by atoms with van der Waals surface area (Å²) in [5.74, 6) is 0.127. The number of rotatable bonds is 10. The molecule has 3 aromatic carbocycles. The Balaban J connectivity index is 1.41. The van der Waals surface area contributed by atoms with Crippen LogP contribution >= 0.6 is 0 Å². The van der Waals surface area contributed by atoms with E-state index in [1.807, 2.05) is 42.5 Å². The first-order valence-electron chi connectivity index (χ1n) is 16.7. The molecule has 6 rings (SSSR count). The minimum atomic E-state index is -3.76. The lowest BCUT2D eigenvalue weighted by atomic mass is 9.93. The molecule has 262 valence electrons. The van der Waals surface area contributed by atoms with Crippen molar-refractivity contribution in [3.8, 4) is 34.5 Å². The number of hydrogen-bond acceptors (Lipinski definition) is 8. The number of amides is 2. The molecule has 51 heavy (non-hydrogen) atoms. The van der Waals surface area contributed by atoms with E-state index in [1.165, 1.54) is 18.5 Å². The summed E-state index contributed by atoms with van der Waals surface area (Å²) in [5, 5.41) is 14.9. The van der Waals surface area contributed by atoms with E-state index >= 15 is 0 Å². The zero-order valence-corrected chi connectivity index (χ0v) is 29.8. The van der Waals surface area contributed by atoms with Crippen LogP contribution in [-0.4, -0.2) is 73.1 Å². The summed E-state index contributed by atoms with van der Waals surface area (Å²) in [6.45, 7) is 4.59. The Morgan fingerprint density at radius 2 is 1.75 bits per heavy atom. The van der Waals surface area contributed by atoms with Gasteiger partial charge in [0.15, 0.2) is 11.5 Å².